The smallest absolute Gasteiger partial charge is 0.331 e. The fraction of sp³-hybridized carbons (Fsp3) is 0.435. The Kier molecular flexibility index (Phi) is 7.16. The third-order valence-electron chi connectivity index (χ3n) is 5.85. The summed E-state index contributed by atoms with van der Waals surface area (Å²) in [5.74, 6) is -0.0716. The van der Waals surface area contributed by atoms with E-state index >= 15 is 0 Å². The molecule has 2 unspecified atom stereocenters. The Labute approximate surface area is 187 Å². The van der Waals surface area contributed by atoms with Crippen LogP contribution in [0.5, 0.6) is 0 Å². The molecule has 0 amide bonds. The first-order valence-electron chi connectivity index (χ1n) is 10.1. The van der Waals surface area contributed by atoms with E-state index in [1.54, 1.807) is 24.6 Å². The second-order valence-electron chi connectivity index (χ2n) is 8.21. The molecule has 2 rings (SSSR count). The Morgan fingerprint density at radius 3 is 2.38 bits per heavy atom. The quantitative estimate of drug-likeness (QED) is 0.551. The van der Waals surface area contributed by atoms with Crippen molar-refractivity contribution in [3.63, 3.8) is 0 Å². The van der Waals surface area contributed by atoms with E-state index in [0.29, 0.717) is 17.5 Å². The first-order valence-corrected chi connectivity index (χ1v) is 11.8. The second-order valence-corrected chi connectivity index (χ2v) is 10.5. The number of imidazole rings is 1. The van der Waals surface area contributed by atoms with Gasteiger partial charge in [-0.25, -0.2) is 13.4 Å². The van der Waals surface area contributed by atoms with E-state index in [4.69, 9.17) is 5.73 Å². The van der Waals surface area contributed by atoms with Crippen molar-refractivity contribution in [3.8, 4) is 0 Å². The van der Waals surface area contributed by atoms with Crippen molar-refractivity contribution in [2.24, 2.45) is 18.7 Å². The van der Waals surface area contributed by atoms with Crippen LogP contribution in [0.15, 0.2) is 47.4 Å². The minimum Gasteiger partial charge on any atom is -0.331 e. The predicted octanol–water partition coefficient (Wildman–Crippen LogP) is 4.88. The minimum absolute atomic E-state index is 0.101. The normalized spacial score (nSPS) is 22.8. The number of nitrogens with two attached hydrogens (primary N) is 1. The first-order chi connectivity index (χ1) is 14.6. The zero-order valence-electron chi connectivity index (χ0n) is 19.0. The molecular weight excluding hydrogens is 439 g/mol. The average molecular weight is 470 g/mol. The molecule has 2 N–H and O–H groups in total. The summed E-state index contributed by atoms with van der Waals surface area (Å²) >= 11 is 0. The number of rotatable bonds is 8. The molecule has 0 spiro atoms. The van der Waals surface area contributed by atoms with Gasteiger partial charge in [0.15, 0.2) is 9.84 Å². The second kappa shape index (κ2) is 8.86. The zero-order chi connectivity index (χ0) is 24.6. The molecule has 176 valence electrons. The number of halogens is 3. The standard InChI is InChI=1S/C23H30F3N3O2S/c1-8-16(18-13-22(18,6)27)11-19-15(5)29(7)21(28-19)14(4)20(32(30,31)10-3)12-17(9-2)23(24,25)26/h8-9,11-12,18H,1,4,10,13,27H2,2-3,5-7H3/b16-11+,17-9+,20-12+. The Morgan fingerprint density at radius 2 is 1.97 bits per heavy atom. The molecular formula is C23H30F3N3O2S. The van der Waals surface area contributed by atoms with Gasteiger partial charge in [0.25, 0.3) is 0 Å². The number of alkyl halides is 3. The molecule has 1 aliphatic carbocycles. The van der Waals surface area contributed by atoms with Crippen LogP contribution in [0.2, 0.25) is 0 Å². The van der Waals surface area contributed by atoms with Gasteiger partial charge in [-0.15, -0.1) is 0 Å². The summed E-state index contributed by atoms with van der Waals surface area (Å²) < 4.78 is 67.0. The lowest BCUT2D eigenvalue weighted by atomic mass is 10.1. The maximum Gasteiger partial charge on any atom is 0.416 e. The molecule has 1 fully saturated rings. The summed E-state index contributed by atoms with van der Waals surface area (Å²) in [6.07, 6.45) is 1.09. The summed E-state index contributed by atoms with van der Waals surface area (Å²) in [5.41, 5.74) is 6.83. The number of sulfone groups is 1. The monoisotopic (exact) mass is 469 g/mol. The summed E-state index contributed by atoms with van der Waals surface area (Å²) in [7, 11) is -2.36. The van der Waals surface area contributed by atoms with Crippen LogP contribution in [-0.2, 0) is 16.9 Å². The van der Waals surface area contributed by atoms with Crippen molar-refractivity contribution >= 4 is 21.5 Å². The van der Waals surface area contributed by atoms with Gasteiger partial charge in [0, 0.05) is 29.8 Å². The Bertz CT molecular complexity index is 1130. The van der Waals surface area contributed by atoms with Crippen molar-refractivity contribution in [2.45, 2.75) is 45.8 Å². The van der Waals surface area contributed by atoms with Gasteiger partial charge < -0.3 is 10.3 Å². The highest BCUT2D eigenvalue weighted by molar-refractivity contribution is 7.95. The number of hydrogen-bond acceptors (Lipinski definition) is 4. The van der Waals surface area contributed by atoms with Crippen LogP contribution in [0.4, 0.5) is 13.2 Å². The topological polar surface area (TPSA) is 78.0 Å². The maximum absolute atomic E-state index is 13.3. The predicted molar refractivity (Wildman–Crippen MR) is 123 cm³/mol. The van der Waals surface area contributed by atoms with E-state index in [1.807, 2.05) is 13.0 Å². The van der Waals surface area contributed by atoms with Gasteiger partial charge >= 0.3 is 6.18 Å². The van der Waals surface area contributed by atoms with E-state index in [1.165, 1.54) is 13.8 Å². The molecule has 0 aromatic carbocycles. The van der Waals surface area contributed by atoms with Crippen molar-refractivity contribution in [1.29, 1.82) is 0 Å². The van der Waals surface area contributed by atoms with Crippen molar-refractivity contribution < 1.29 is 21.6 Å². The highest BCUT2D eigenvalue weighted by atomic mass is 32.2. The Morgan fingerprint density at radius 1 is 1.41 bits per heavy atom. The van der Waals surface area contributed by atoms with Crippen LogP contribution in [-0.4, -0.2) is 35.4 Å². The molecule has 1 heterocycles. The van der Waals surface area contributed by atoms with Crippen molar-refractivity contribution in [2.75, 3.05) is 5.75 Å². The van der Waals surface area contributed by atoms with E-state index in [-0.39, 0.29) is 28.6 Å². The summed E-state index contributed by atoms with van der Waals surface area (Å²) in [5, 5.41) is 0. The summed E-state index contributed by atoms with van der Waals surface area (Å²) in [4.78, 5) is 4.01. The largest absolute Gasteiger partial charge is 0.416 e. The Balaban J connectivity index is 2.62. The van der Waals surface area contributed by atoms with Crippen LogP contribution >= 0.6 is 0 Å². The number of nitrogens with zero attached hydrogens (tertiary/aromatic N) is 2. The number of hydrogen-bond donors (Lipinski definition) is 1. The van der Waals surface area contributed by atoms with Gasteiger partial charge in [0.1, 0.15) is 5.82 Å². The van der Waals surface area contributed by atoms with Gasteiger partial charge in [0.2, 0.25) is 0 Å². The van der Waals surface area contributed by atoms with Crippen LogP contribution in [0.1, 0.15) is 44.4 Å². The van der Waals surface area contributed by atoms with Gasteiger partial charge in [-0.2, -0.15) is 13.2 Å². The van der Waals surface area contributed by atoms with E-state index < -0.39 is 26.5 Å². The fourth-order valence-electron chi connectivity index (χ4n) is 3.45. The highest BCUT2D eigenvalue weighted by Crippen LogP contribution is 2.46. The molecule has 0 saturated heterocycles. The maximum atomic E-state index is 13.3. The molecule has 0 aliphatic heterocycles. The zero-order valence-corrected chi connectivity index (χ0v) is 19.9. The van der Waals surface area contributed by atoms with Gasteiger partial charge in [0.05, 0.1) is 21.9 Å². The third kappa shape index (κ3) is 5.15. The lowest BCUT2D eigenvalue weighted by Gasteiger charge is -2.14. The van der Waals surface area contributed by atoms with E-state index in [0.717, 1.165) is 18.1 Å². The molecule has 5 nitrogen and oxygen atoms in total. The van der Waals surface area contributed by atoms with Gasteiger partial charge in [-0.3, -0.25) is 0 Å². The molecule has 0 radical (unpaired) electrons. The molecule has 32 heavy (non-hydrogen) atoms. The molecule has 1 aromatic rings. The van der Waals surface area contributed by atoms with Gasteiger partial charge in [-0.05, 0) is 44.9 Å². The van der Waals surface area contributed by atoms with Crippen molar-refractivity contribution in [1.82, 2.24) is 9.55 Å². The number of allylic oxidation sites excluding steroid dienone is 5. The average Bonchev–Trinajstić information content (AvgIpc) is 3.24. The van der Waals surface area contributed by atoms with Crippen LogP contribution in [0.25, 0.3) is 11.6 Å². The van der Waals surface area contributed by atoms with Crippen molar-refractivity contribution in [3.05, 3.63) is 64.6 Å². The summed E-state index contributed by atoms with van der Waals surface area (Å²) in [6, 6.07) is 0. The lowest BCUT2D eigenvalue weighted by Crippen LogP contribution is -2.19. The molecule has 0 bridgehead atoms. The highest BCUT2D eigenvalue weighted by Gasteiger charge is 2.47. The van der Waals surface area contributed by atoms with Crippen LogP contribution < -0.4 is 5.73 Å². The molecule has 1 aromatic heterocycles. The summed E-state index contributed by atoms with van der Waals surface area (Å²) in [6.45, 7) is 13.9. The Hall–Kier alpha value is -2.39. The molecule has 1 aliphatic rings. The van der Waals surface area contributed by atoms with Crippen LogP contribution in [0.3, 0.4) is 0 Å². The third-order valence-corrected chi connectivity index (χ3v) is 7.64. The molecule has 1 saturated carbocycles. The minimum atomic E-state index is -4.70. The van der Waals surface area contributed by atoms with E-state index in [9.17, 15) is 21.6 Å². The van der Waals surface area contributed by atoms with E-state index in [2.05, 4.69) is 18.1 Å². The molecule has 9 heteroatoms. The van der Waals surface area contributed by atoms with Crippen LogP contribution in [0, 0.1) is 12.8 Å². The first kappa shape index (κ1) is 25.9. The SMILES string of the molecule is C=C/C(=C\c1nc(C(=C)/C(=C\C(=C/C)C(F)(F)F)S(=O)(=O)CC)n(C)c1C)C1CC1(C)N. The fourth-order valence-corrected chi connectivity index (χ4v) is 4.53. The molecule has 2 atom stereocenters. The lowest BCUT2D eigenvalue weighted by molar-refractivity contribution is -0.0883. The van der Waals surface area contributed by atoms with Gasteiger partial charge in [-0.1, -0.05) is 32.2 Å². The number of aromatic nitrogens is 2.